The number of hydrogen-bond acceptors (Lipinski definition) is 10. The maximum atomic E-state index is 14.3. The van der Waals surface area contributed by atoms with Crippen molar-refractivity contribution in [3.05, 3.63) is 63.8 Å². The van der Waals surface area contributed by atoms with Gasteiger partial charge in [-0.25, -0.2) is 4.79 Å². The quantitative estimate of drug-likeness (QED) is 0.502. The summed E-state index contributed by atoms with van der Waals surface area (Å²) in [5.41, 5.74) is 1.38. The number of phenolic OH excluding ortho intramolecular Hbond substituents is 1. The molecule has 10 heteroatoms. The van der Waals surface area contributed by atoms with E-state index in [1.807, 2.05) is 13.8 Å². The highest BCUT2D eigenvalue weighted by Crippen LogP contribution is 2.52. The molecule has 0 saturated carbocycles. The van der Waals surface area contributed by atoms with Gasteiger partial charge in [0.05, 0.1) is 23.3 Å². The largest absolute Gasteiger partial charge is 0.507 e. The monoisotopic (exact) mass is 535 g/mol. The molecule has 0 radical (unpaired) electrons. The average molecular weight is 536 g/mol. The predicted molar refractivity (Wildman–Crippen MR) is 136 cm³/mol. The standard InChI is InChI=1S/C29H29NO9/c1-11(2)23-29(36)39-28-15-8-12(3)9-16(31)20(15)22-24(30(23)28)27(35)21-14(26(22)34)6-5-7-18(21)38-19-10-17(32)25(33)13(4)37-19/h5-9,11,13,17,19,23,25,28,31-33H,10H2,1-4H3/t13-,17+,19-,23-,25-,28-/m0/s1. The number of aryl methyl sites for hydroxylation is 1. The Kier molecular flexibility index (Phi) is 5.83. The third kappa shape index (κ3) is 3.70. The smallest absolute Gasteiger partial charge is 0.331 e. The molecule has 0 bridgehead atoms. The van der Waals surface area contributed by atoms with Crippen LogP contribution in [0.4, 0.5) is 0 Å². The van der Waals surface area contributed by atoms with E-state index in [2.05, 4.69) is 0 Å². The first-order valence-corrected chi connectivity index (χ1v) is 13.0. The first-order chi connectivity index (χ1) is 18.5. The fourth-order valence-corrected chi connectivity index (χ4v) is 6.07. The van der Waals surface area contributed by atoms with Crippen LogP contribution in [0, 0.1) is 12.8 Å². The maximum Gasteiger partial charge on any atom is 0.331 e. The van der Waals surface area contributed by atoms with Gasteiger partial charge >= 0.3 is 5.97 Å². The zero-order valence-electron chi connectivity index (χ0n) is 21.9. The average Bonchev–Trinajstić information content (AvgIpc) is 3.22. The number of Topliss-reactive ketones (excluding diaryl/α,β-unsaturated/α-hetero) is 2. The molecule has 6 rings (SSSR count). The van der Waals surface area contributed by atoms with Crippen LogP contribution < -0.4 is 4.74 Å². The number of ether oxygens (including phenoxy) is 3. The van der Waals surface area contributed by atoms with Crippen molar-refractivity contribution in [3.63, 3.8) is 0 Å². The Morgan fingerprint density at radius 3 is 2.51 bits per heavy atom. The minimum Gasteiger partial charge on any atom is -0.507 e. The van der Waals surface area contributed by atoms with Gasteiger partial charge in [-0.1, -0.05) is 26.0 Å². The number of hydrogen-bond donors (Lipinski definition) is 3. The Labute approximate surface area is 224 Å². The molecule has 0 unspecified atom stereocenters. The van der Waals surface area contributed by atoms with Gasteiger partial charge in [-0.15, -0.1) is 0 Å². The Hall–Kier alpha value is -3.73. The molecule has 3 aliphatic heterocycles. The van der Waals surface area contributed by atoms with Gasteiger partial charge in [-0.05, 0) is 43.5 Å². The van der Waals surface area contributed by atoms with E-state index in [0.717, 1.165) is 0 Å². The van der Waals surface area contributed by atoms with E-state index in [-0.39, 0.29) is 51.8 Å². The molecule has 2 saturated heterocycles. The van der Waals surface area contributed by atoms with E-state index in [4.69, 9.17) is 14.2 Å². The number of carbonyl (C=O) groups excluding carboxylic acids is 3. The molecule has 4 aliphatic rings. The van der Waals surface area contributed by atoms with Gasteiger partial charge in [0.15, 0.2) is 5.78 Å². The lowest BCUT2D eigenvalue weighted by molar-refractivity contribution is -0.216. The number of aromatic hydroxyl groups is 1. The van der Waals surface area contributed by atoms with Gasteiger partial charge in [-0.3, -0.25) is 9.59 Å². The van der Waals surface area contributed by atoms with Crippen molar-refractivity contribution in [1.29, 1.82) is 0 Å². The number of phenols is 1. The molecule has 0 aromatic heterocycles. The number of benzene rings is 2. The van der Waals surface area contributed by atoms with Crippen molar-refractivity contribution in [1.82, 2.24) is 4.90 Å². The molecule has 6 atom stereocenters. The van der Waals surface area contributed by atoms with Gasteiger partial charge < -0.3 is 34.4 Å². The van der Waals surface area contributed by atoms with Gasteiger partial charge in [0.2, 0.25) is 18.3 Å². The van der Waals surface area contributed by atoms with Crippen LogP contribution in [-0.2, 0) is 14.3 Å². The second-order valence-electron chi connectivity index (χ2n) is 10.9. The van der Waals surface area contributed by atoms with Crippen molar-refractivity contribution in [2.45, 2.75) is 71.0 Å². The first kappa shape index (κ1) is 25.5. The number of rotatable bonds is 3. The topological polar surface area (TPSA) is 143 Å². The van der Waals surface area contributed by atoms with Crippen LogP contribution in [0.3, 0.4) is 0 Å². The molecule has 204 valence electrons. The Morgan fingerprint density at radius 2 is 1.82 bits per heavy atom. The van der Waals surface area contributed by atoms with Crippen molar-refractivity contribution in [3.8, 4) is 11.5 Å². The highest BCUT2D eigenvalue weighted by Gasteiger charge is 2.54. The lowest BCUT2D eigenvalue weighted by Gasteiger charge is -2.40. The van der Waals surface area contributed by atoms with Crippen molar-refractivity contribution >= 4 is 23.1 Å². The molecule has 10 nitrogen and oxygen atoms in total. The SMILES string of the molecule is Cc1cc(O)c2c(c1)[C@@H]1OC(=O)[C@H](C(C)C)N1C1=C2C(=O)c2cccc(O[C@H]3C[C@@H](O)[C@@H](O)[C@H](C)O3)c2C1=O. The number of ketones is 2. The number of aliphatic hydroxyl groups is 2. The molecule has 2 aromatic carbocycles. The summed E-state index contributed by atoms with van der Waals surface area (Å²) in [7, 11) is 0. The van der Waals surface area contributed by atoms with E-state index < -0.39 is 54.4 Å². The molecule has 2 aromatic rings. The molecule has 2 fully saturated rings. The van der Waals surface area contributed by atoms with Crippen LogP contribution in [0.5, 0.6) is 11.5 Å². The van der Waals surface area contributed by atoms with Gasteiger partial charge in [0.1, 0.15) is 29.3 Å². The third-order valence-corrected chi connectivity index (χ3v) is 7.83. The Balaban J connectivity index is 1.52. The number of nitrogens with zero attached hydrogens (tertiary/aromatic N) is 1. The van der Waals surface area contributed by atoms with Gasteiger partial charge in [0.25, 0.3) is 0 Å². The lowest BCUT2D eigenvalue weighted by Crippen LogP contribution is -2.48. The Bertz CT molecular complexity index is 1450. The second-order valence-corrected chi connectivity index (χ2v) is 10.9. The molecule has 0 amide bonds. The zero-order chi connectivity index (χ0) is 27.9. The predicted octanol–water partition coefficient (Wildman–Crippen LogP) is 2.62. The van der Waals surface area contributed by atoms with Crippen molar-refractivity contribution in [2.24, 2.45) is 5.92 Å². The fourth-order valence-electron chi connectivity index (χ4n) is 6.07. The van der Waals surface area contributed by atoms with E-state index >= 15 is 0 Å². The molecule has 3 heterocycles. The number of fused-ring (bicyclic) bond motifs is 6. The molecule has 1 aliphatic carbocycles. The van der Waals surface area contributed by atoms with Gasteiger partial charge in [0, 0.05) is 23.1 Å². The highest BCUT2D eigenvalue weighted by molar-refractivity contribution is 6.41. The lowest BCUT2D eigenvalue weighted by atomic mass is 9.78. The van der Waals surface area contributed by atoms with Crippen LogP contribution in [0.1, 0.15) is 70.8 Å². The summed E-state index contributed by atoms with van der Waals surface area (Å²) in [4.78, 5) is 43.1. The van der Waals surface area contributed by atoms with Crippen LogP contribution in [-0.4, -0.2) is 68.4 Å². The van der Waals surface area contributed by atoms with Crippen molar-refractivity contribution in [2.75, 3.05) is 0 Å². The number of esters is 1. The number of allylic oxidation sites excluding steroid dienone is 2. The molecule has 39 heavy (non-hydrogen) atoms. The second kappa shape index (κ2) is 8.90. The normalized spacial score (nSPS) is 29.6. The minimum absolute atomic E-state index is 0.00577. The van der Waals surface area contributed by atoms with Crippen molar-refractivity contribution < 1.29 is 43.9 Å². The number of aliphatic hydroxyl groups excluding tert-OH is 2. The van der Waals surface area contributed by atoms with Crippen LogP contribution >= 0.6 is 0 Å². The van der Waals surface area contributed by atoms with Crippen LogP contribution in [0.2, 0.25) is 0 Å². The summed E-state index contributed by atoms with van der Waals surface area (Å²) in [5, 5.41) is 31.2. The first-order valence-electron chi connectivity index (χ1n) is 13.0. The molecule has 3 N–H and O–H groups in total. The summed E-state index contributed by atoms with van der Waals surface area (Å²) in [5.74, 6) is -1.95. The summed E-state index contributed by atoms with van der Waals surface area (Å²) in [6.45, 7) is 7.04. The maximum absolute atomic E-state index is 14.3. The molecular formula is C29H29NO9. The Morgan fingerprint density at radius 1 is 1.08 bits per heavy atom. The summed E-state index contributed by atoms with van der Waals surface area (Å²) < 4.78 is 17.4. The van der Waals surface area contributed by atoms with E-state index in [0.29, 0.717) is 11.1 Å². The summed E-state index contributed by atoms with van der Waals surface area (Å²) in [6, 6.07) is 7.04. The molecule has 0 spiro atoms. The van der Waals surface area contributed by atoms with Crippen LogP contribution in [0.15, 0.2) is 36.0 Å². The number of carbonyl (C=O) groups is 3. The van der Waals surface area contributed by atoms with E-state index in [9.17, 15) is 29.7 Å². The third-order valence-electron chi connectivity index (χ3n) is 7.83. The summed E-state index contributed by atoms with van der Waals surface area (Å²) in [6.07, 6.45) is -4.90. The zero-order valence-corrected chi connectivity index (χ0v) is 21.9. The van der Waals surface area contributed by atoms with Gasteiger partial charge in [-0.2, -0.15) is 0 Å². The molecular weight excluding hydrogens is 506 g/mol. The fraction of sp³-hybridized carbons (Fsp3) is 0.414. The van der Waals surface area contributed by atoms with E-state index in [1.165, 1.54) is 18.2 Å². The summed E-state index contributed by atoms with van der Waals surface area (Å²) >= 11 is 0. The van der Waals surface area contributed by atoms with E-state index in [1.54, 1.807) is 30.9 Å². The highest BCUT2D eigenvalue weighted by atomic mass is 16.7. The minimum atomic E-state index is -1.09. The van der Waals surface area contributed by atoms with Crippen LogP contribution in [0.25, 0.3) is 5.57 Å².